The van der Waals surface area contributed by atoms with Gasteiger partial charge in [-0.15, -0.1) is 24.0 Å². The molecular weight excluding hydrogens is 407 g/mol. The standard InChI is InChI=1S/C16H28N4O2.HI/c1-10(2)15(21)18-6-7-19-16(17-3)20-8-11-12(9-20)14-5-4-13(11)22-14;/h10-14H,4-9H2,1-3H3,(H,17,19)(H,18,21);1H. The van der Waals surface area contributed by atoms with Crippen LogP contribution in [0, 0.1) is 17.8 Å². The van der Waals surface area contributed by atoms with E-state index in [9.17, 15) is 4.79 Å². The molecule has 23 heavy (non-hydrogen) atoms. The summed E-state index contributed by atoms with van der Waals surface area (Å²) >= 11 is 0. The molecule has 0 aliphatic carbocycles. The van der Waals surface area contributed by atoms with Gasteiger partial charge in [-0.05, 0) is 12.8 Å². The second-order valence-electron chi connectivity index (χ2n) is 6.94. The molecule has 0 aromatic carbocycles. The topological polar surface area (TPSA) is 66.0 Å². The lowest BCUT2D eigenvalue weighted by atomic mass is 9.82. The van der Waals surface area contributed by atoms with E-state index >= 15 is 0 Å². The lowest BCUT2D eigenvalue weighted by Crippen LogP contribution is -2.44. The zero-order valence-electron chi connectivity index (χ0n) is 14.2. The molecule has 3 rings (SSSR count). The molecule has 3 fully saturated rings. The molecule has 0 spiro atoms. The first-order valence-electron chi connectivity index (χ1n) is 8.49. The lowest BCUT2D eigenvalue weighted by Gasteiger charge is -2.23. The van der Waals surface area contributed by atoms with Crippen LogP contribution >= 0.6 is 24.0 Å². The normalized spacial score (nSPS) is 32.0. The van der Waals surface area contributed by atoms with Gasteiger partial charge in [-0.2, -0.15) is 0 Å². The van der Waals surface area contributed by atoms with E-state index in [-0.39, 0.29) is 35.8 Å². The number of fused-ring (bicyclic) bond motifs is 5. The molecule has 0 aromatic heterocycles. The minimum atomic E-state index is 0. The summed E-state index contributed by atoms with van der Waals surface area (Å²) in [6, 6.07) is 0. The predicted octanol–water partition coefficient (Wildman–Crippen LogP) is 1.06. The zero-order chi connectivity index (χ0) is 15.7. The van der Waals surface area contributed by atoms with Crippen LogP contribution < -0.4 is 10.6 Å². The van der Waals surface area contributed by atoms with Crippen LogP contribution in [0.4, 0.5) is 0 Å². The number of rotatable bonds is 4. The van der Waals surface area contributed by atoms with E-state index in [0.717, 1.165) is 19.0 Å². The average molecular weight is 436 g/mol. The third kappa shape index (κ3) is 3.92. The first kappa shape index (κ1) is 18.8. The molecule has 3 aliphatic heterocycles. The fraction of sp³-hybridized carbons (Fsp3) is 0.875. The van der Waals surface area contributed by atoms with Crippen LogP contribution in [0.1, 0.15) is 26.7 Å². The van der Waals surface area contributed by atoms with Gasteiger partial charge in [0.25, 0.3) is 0 Å². The number of hydrogen-bond donors (Lipinski definition) is 2. The second-order valence-corrected chi connectivity index (χ2v) is 6.94. The summed E-state index contributed by atoms with van der Waals surface area (Å²) in [4.78, 5) is 18.3. The molecule has 1 amide bonds. The van der Waals surface area contributed by atoms with Crippen molar-refractivity contribution < 1.29 is 9.53 Å². The number of carbonyl (C=O) groups excluding carboxylic acids is 1. The van der Waals surface area contributed by atoms with Crippen LogP contribution in [0.25, 0.3) is 0 Å². The highest BCUT2D eigenvalue weighted by Crippen LogP contribution is 2.47. The smallest absolute Gasteiger partial charge is 0.222 e. The van der Waals surface area contributed by atoms with Gasteiger partial charge in [-0.3, -0.25) is 9.79 Å². The van der Waals surface area contributed by atoms with Crippen LogP contribution in [0.2, 0.25) is 0 Å². The second kappa shape index (κ2) is 8.00. The van der Waals surface area contributed by atoms with Crippen molar-refractivity contribution in [2.75, 3.05) is 33.2 Å². The fourth-order valence-electron chi connectivity index (χ4n) is 4.03. The van der Waals surface area contributed by atoms with Gasteiger partial charge >= 0.3 is 0 Å². The summed E-state index contributed by atoms with van der Waals surface area (Å²) in [7, 11) is 1.83. The molecule has 4 atom stereocenters. The number of halogens is 1. The molecule has 2 bridgehead atoms. The molecule has 4 unspecified atom stereocenters. The number of carbonyl (C=O) groups is 1. The third-order valence-corrected chi connectivity index (χ3v) is 5.20. The lowest BCUT2D eigenvalue weighted by molar-refractivity contribution is -0.123. The number of nitrogens with zero attached hydrogens (tertiary/aromatic N) is 2. The molecular formula is C16H29IN4O2. The van der Waals surface area contributed by atoms with E-state index in [1.54, 1.807) is 0 Å². The SMILES string of the molecule is CN=C(NCCNC(=O)C(C)C)N1CC2C3CCC(O3)C2C1.I. The summed E-state index contributed by atoms with van der Waals surface area (Å²) in [5.74, 6) is 2.44. The Morgan fingerprint density at radius 1 is 1.17 bits per heavy atom. The number of likely N-dealkylation sites (tertiary alicyclic amines) is 1. The Balaban J connectivity index is 0.00000192. The molecule has 0 saturated carbocycles. The van der Waals surface area contributed by atoms with E-state index in [2.05, 4.69) is 20.5 Å². The number of amides is 1. The molecule has 3 saturated heterocycles. The first-order chi connectivity index (χ1) is 10.6. The van der Waals surface area contributed by atoms with Crippen molar-refractivity contribution in [3.05, 3.63) is 0 Å². The van der Waals surface area contributed by atoms with Crippen molar-refractivity contribution in [2.24, 2.45) is 22.7 Å². The van der Waals surface area contributed by atoms with Crippen LogP contribution in [-0.2, 0) is 9.53 Å². The zero-order valence-corrected chi connectivity index (χ0v) is 16.6. The number of hydrogen-bond acceptors (Lipinski definition) is 3. The van der Waals surface area contributed by atoms with Crippen molar-refractivity contribution >= 4 is 35.8 Å². The molecule has 132 valence electrons. The Bertz CT molecular complexity index is 439. The van der Waals surface area contributed by atoms with E-state index < -0.39 is 0 Å². The van der Waals surface area contributed by atoms with Gasteiger partial charge in [-0.25, -0.2) is 0 Å². The van der Waals surface area contributed by atoms with E-state index in [1.807, 2.05) is 20.9 Å². The fourth-order valence-corrected chi connectivity index (χ4v) is 4.03. The molecule has 3 aliphatic rings. The third-order valence-electron chi connectivity index (χ3n) is 5.20. The Hall–Kier alpha value is -0.570. The monoisotopic (exact) mass is 436 g/mol. The number of guanidine groups is 1. The van der Waals surface area contributed by atoms with Gasteiger partial charge in [0, 0.05) is 51.0 Å². The molecule has 6 nitrogen and oxygen atoms in total. The van der Waals surface area contributed by atoms with Gasteiger partial charge in [-0.1, -0.05) is 13.8 Å². The van der Waals surface area contributed by atoms with E-state index in [1.165, 1.54) is 12.8 Å². The highest BCUT2D eigenvalue weighted by molar-refractivity contribution is 14.0. The Morgan fingerprint density at radius 2 is 1.74 bits per heavy atom. The molecule has 0 aromatic rings. The van der Waals surface area contributed by atoms with Gasteiger partial charge in [0.05, 0.1) is 12.2 Å². The maximum Gasteiger partial charge on any atom is 0.222 e. The highest BCUT2D eigenvalue weighted by atomic mass is 127. The van der Waals surface area contributed by atoms with Crippen molar-refractivity contribution in [3.8, 4) is 0 Å². The van der Waals surface area contributed by atoms with Crippen LogP contribution in [0.3, 0.4) is 0 Å². The summed E-state index contributed by atoms with van der Waals surface area (Å²) < 4.78 is 6.01. The number of nitrogens with one attached hydrogen (secondary N) is 2. The van der Waals surface area contributed by atoms with Crippen molar-refractivity contribution in [1.82, 2.24) is 15.5 Å². The largest absolute Gasteiger partial charge is 0.374 e. The van der Waals surface area contributed by atoms with Crippen molar-refractivity contribution in [1.29, 1.82) is 0 Å². The summed E-state index contributed by atoms with van der Waals surface area (Å²) in [5, 5.41) is 6.29. The Labute approximate surface area is 155 Å². The van der Waals surface area contributed by atoms with Crippen molar-refractivity contribution in [2.45, 2.75) is 38.9 Å². The van der Waals surface area contributed by atoms with E-state index in [4.69, 9.17) is 4.74 Å². The van der Waals surface area contributed by atoms with Gasteiger partial charge in [0.15, 0.2) is 5.96 Å². The molecule has 7 heteroatoms. The maximum atomic E-state index is 11.5. The van der Waals surface area contributed by atoms with Gasteiger partial charge in [0.2, 0.25) is 5.91 Å². The quantitative estimate of drug-likeness (QED) is 0.300. The Morgan fingerprint density at radius 3 is 2.26 bits per heavy atom. The van der Waals surface area contributed by atoms with E-state index in [0.29, 0.717) is 37.1 Å². The minimum absolute atomic E-state index is 0. The summed E-state index contributed by atoms with van der Waals surface area (Å²) in [6.45, 7) is 7.24. The minimum Gasteiger partial charge on any atom is -0.374 e. The predicted molar refractivity (Wildman–Crippen MR) is 101 cm³/mol. The Kier molecular flexibility index (Phi) is 6.53. The van der Waals surface area contributed by atoms with Crippen LogP contribution in [0.15, 0.2) is 4.99 Å². The van der Waals surface area contributed by atoms with Crippen LogP contribution in [-0.4, -0.2) is 62.2 Å². The highest BCUT2D eigenvalue weighted by Gasteiger charge is 2.53. The number of ether oxygens (including phenoxy) is 1. The van der Waals surface area contributed by atoms with Crippen LogP contribution in [0.5, 0.6) is 0 Å². The average Bonchev–Trinajstić information content (AvgIpc) is 3.19. The maximum absolute atomic E-state index is 11.5. The van der Waals surface area contributed by atoms with Gasteiger partial charge in [0.1, 0.15) is 0 Å². The molecule has 2 N–H and O–H groups in total. The summed E-state index contributed by atoms with van der Waals surface area (Å²) in [6.07, 6.45) is 3.41. The van der Waals surface area contributed by atoms with Crippen molar-refractivity contribution in [3.63, 3.8) is 0 Å². The first-order valence-corrected chi connectivity index (χ1v) is 8.49. The molecule has 3 heterocycles. The van der Waals surface area contributed by atoms with Gasteiger partial charge < -0.3 is 20.3 Å². The number of aliphatic imine (C=N–C) groups is 1. The summed E-state index contributed by atoms with van der Waals surface area (Å²) in [5.41, 5.74) is 0. The molecule has 0 radical (unpaired) electrons.